The lowest BCUT2D eigenvalue weighted by Crippen LogP contribution is -2.50. The highest BCUT2D eigenvalue weighted by Gasteiger charge is 2.40. The van der Waals surface area contributed by atoms with Crippen molar-refractivity contribution in [1.82, 2.24) is 15.5 Å². The van der Waals surface area contributed by atoms with E-state index in [2.05, 4.69) is 15.6 Å². The third-order valence-electron chi connectivity index (χ3n) is 9.28. The molecule has 1 fully saturated rings. The van der Waals surface area contributed by atoms with E-state index in [1.807, 2.05) is 27.7 Å². The van der Waals surface area contributed by atoms with Gasteiger partial charge in [-0.2, -0.15) is 0 Å². The van der Waals surface area contributed by atoms with Crippen molar-refractivity contribution in [1.29, 1.82) is 0 Å². The number of Topliss-reactive ketones (excluding diaryl/α,β-unsaturated/α-hetero) is 3. The van der Waals surface area contributed by atoms with Crippen LogP contribution in [-0.2, 0) is 38.4 Å². The van der Waals surface area contributed by atoms with Gasteiger partial charge in [0.05, 0.1) is 43.1 Å². The van der Waals surface area contributed by atoms with Crippen LogP contribution in [0, 0.1) is 29.6 Å². The highest BCUT2D eigenvalue weighted by molar-refractivity contribution is 5.97. The van der Waals surface area contributed by atoms with Crippen molar-refractivity contribution in [2.45, 2.75) is 123 Å². The van der Waals surface area contributed by atoms with E-state index in [9.17, 15) is 43.5 Å². The van der Waals surface area contributed by atoms with Crippen LogP contribution in [0.15, 0.2) is 4.99 Å². The van der Waals surface area contributed by atoms with Gasteiger partial charge in [0.25, 0.3) is 0 Å². The average molecular weight is 767 g/mol. The Morgan fingerprint density at radius 2 is 1.48 bits per heavy atom. The lowest BCUT2D eigenvalue weighted by molar-refractivity contribution is -0.144. The zero-order valence-corrected chi connectivity index (χ0v) is 32.3. The molecule has 0 spiro atoms. The van der Waals surface area contributed by atoms with Crippen molar-refractivity contribution in [3.63, 3.8) is 0 Å². The van der Waals surface area contributed by atoms with Gasteiger partial charge in [0.1, 0.15) is 0 Å². The molecule has 0 aliphatic carbocycles. The summed E-state index contributed by atoms with van der Waals surface area (Å²) in [6, 6.07) is -3.23. The lowest BCUT2D eigenvalue weighted by Gasteiger charge is -2.30. The Kier molecular flexibility index (Phi) is 20.6. The molecule has 0 saturated carbocycles. The first-order valence-corrected chi connectivity index (χ1v) is 18.6. The summed E-state index contributed by atoms with van der Waals surface area (Å²) in [6.45, 7) is 8.79. The van der Waals surface area contributed by atoms with Crippen molar-refractivity contribution >= 4 is 52.9 Å². The Bertz CT molecular complexity index is 1360. The first-order valence-electron chi connectivity index (χ1n) is 18.6. The topological polar surface area (TPSA) is 321 Å². The van der Waals surface area contributed by atoms with Gasteiger partial charge < -0.3 is 48.7 Å². The molecule has 1 rings (SSSR count). The summed E-state index contributed by atoms with van der Waals surface area (Å²) in [6.07, 6.45) is -0.761. The number of carbonyl (C=O) groups is 8. The molecule has 12 N–H and O–H groups in total. The zero-order chi connectivity index (χ0) is 41.3. The second kappa shape index (κ2) is 23.4. The number of nitrogens with one attached hydrogen (secondary N) is 2. The molecule has 7 atom stereocenters. The molecule has 0 bridgehead atoms. The van der Waals surface area contributed by atoms with E-state index in [-0.39, 0.29) is 68.8 Å². The molecule has 306 valence electrons. The second-order valence-electron chi connectivity index (χ2n) is 15.1. The molecule has 0 radical (unpaired) electrons. The zero-order valence-electron chi connectivity index (χ0n) is 32.3. The summed E-state index contributed by atoms with van der Waals surface area (Å²) in [7, 11) is 0. The van der Waals surface area contributed by atoms with Crippen molar-refractivity contribution in [3.05, 3.63) is 0 Å². The van der Waals surface area contributed by atoms with Crippen LogP contribution in [0.1, 0.15) is 98.8 Å². The quantitative estimate of drug-likeness (QED) is 0.0302. The fourth-order valence-corrected chi connectivity index (χ4v) is 6.53. The third kappa shape index (κ3) is 17.1. The Hall–Kier alpha value is -4.45. The molecule has 1 heterocycles. The number of likely N-dealkylation sites (tertiary alicyclic amines) is 1. The van der Waals surface area contributed by atoms with E-state index < -0.39 is 96.1 Å². The molecular formula is C36H62N8O10. The summed E-state index contributed by atoms with van der Waals surface area (Å²) in [4.78, 5) is 108. The van der Waals surface area contributed by atoms with Crippen LogP contribution >= 0.6 is 0 Å². The number of nitrogens with two attached hydrogens (primary N) is 4. The number of rotatable bonds is 26. The summed E-state index contributed by atoms with van der Waals surface area (Å²) in [5.74, 6) is -8.29. The number of hydrogen-bond donors (Lipinski definition) is 8. The normalized spacial score (nSPS) is 17.5. The molecule has 1 aliphatic heterocycles. The Morgan fingerprint density at radius 3 is 2.02 bits per heavy atom. The van der Waals surface area contributed by atoms with Gasteiger partial charge in [-0.3, -0.25) is 43.3 Å². The van der Waals surface area contributed by atoms with Gasteiger partial charge in [-0.25, -0.2) is 0 Å². The Morgan fingerprint density at radius 1 is 0.852 bits per heavy atom. The fourth-order valence-electron chi connectivity index (χ4n) is 6.53. The first kappa shape index (κ1) is 47.6. The minimum Gasteiger partial charge on any atom is -0.481 e. The predicted molar refractivity (Wildman–Crippen MR) is 199 cm³/mol. The number of aliphatic hydroxyl groups excluding tert-OH is 1. The number of nitrogens with zero attached hydrogens (tertiary/aromatic N) is 2. The second-order valence-corrected chi connectivity index (χ2v) is 15.1. The van der Waals surface area contributed by atoms with E-state index in [0.29, 0.717) is 25.7 Å². The summed E-state index contributed by atoms with van der Waals surface area (Å²) < 4.78 is 0. The largest absolute Gasteiger partial charge is 0.481 e. The number of carboxylic acids is 1. The lowest BCUT2D eigenvalue weighted by atomic mass is 9.87. The van der Waals surface area contributed by atoms with Crippen molar-refractivity contribution in [2.24, 2.45) is 57.5 Å². The smallest absolute Gasteiger partial charge is 0.305 e. The number of aliphatic imine (C=N–C) groups is 1. The molecule has 18 nitrogen and oxygen atoms in total. The molecule has 4 amide bonds. The van der Waals surface area contributed by atoms with Crippen LogP contribution in [0.5, 0.6) is 0 Å². The maximum absolute atomic E-state index is 14.1. The van der Waals surface area contributed by atoms with E-state index in [0.717, 1.165) is 0 Å². The van der Waals surface area contributed by atoms with Crippen LogP contribution < -0.4 is 33.6 Å². The number of carboxylic acid groups (broad SMARTS) is 1. The van der Waals surface area contributed by atoms with Crippen molar-refractivity contribution in [2.75, 3.05) is 19.6 Å². The summed E-state index contributed by atoms with van der Waals surface area (Å²) >= 11 is 0. The van der Waals surface area contributed by atoms with Gasteiger partial charge in [0, 0.05) is 44.2 Å². The Balaban J connectivity index is 3.19. The first-order chi connectivity index (χ1) is 25.1. The maximum Gasteiger partial charge on any atom is 0.305 e. The number of aliphatic hydroxyl groups is 1. The van der Waals surface area contributed by atoms with E-state index >= 15 is 0 Å². The molecule has 0 aromatic carbocycles. The van der Waals surface area contributed by atoms with Crippen LogP contribution in [0.4, 0.5) is 0 Å². The standard InChI is InChI=1S/C36H62N8O10/c1-19(2)12-23(15-29(47)27(13-20(3)4)43-34(53)26(37)17-31(49)50)35(54)44-11-7-9-28(44)30(48)14-22(8-6-10-41-36(39)40)33(52)42-18-24(46)16-25(21(5)45)32(38)51/h19-23,25-28,45H,6-18,37H2,1-5H3,(H2,38,51)(H,42,52)(H,43,53)(H,49,50)(H4,39,40,41). The molecular weight excluding hydrogens is 704 g/mol. The highest BCUT2D eigenvalue weighted by atomic mass is 16.4. The molecule has 7 unspecified atom stereocenters. The number of amides is 4. The Labute approximate surface area is 317 Å². The SMILES string of the molecule is CC(C)CC(CC(=O)C(CC(C)C)NC(=O)C(N)CC(=O)O)C(=O)N1CCCC1C(=O)CC(CCCN=C(N)N)C(=O)NCC(=O)CC(C(N)=O)C(C)O. The number of carbonyl (C=O) groups excluding carboxylic acids is 7. The molecule has 18 heteroatoms. The van der Waals surface area contributed by atoms with E-state index in [1.54, 1.807) is 0 Å². The number of hydrogen-bond acceptors (Lipinski definition) is 11. The molecule has 0 aromatic rings. The molecule has 54 heavy (non-hydrogen) atoms. The summed E-state index contributed by atoms with van der Waals surface area (Å²) in [5.41, 5.74) is 21.8. The minimum absolute atomic E-state index is 0.00882. The van der Waals surface area contributed by atoms with Gasteiger partial charge in [-0.05, 0) is 57.3 Å². The third-order valence-corrected chi connectivity index (χ3v) is 9.28. The highest BCUT2D eigenvalue weighted by Crippen LogP contribution is 2.28. The molecule has 1 saturated heterocycles. The fraction of sp³-hybridized carbons (Fsp3) is 0.750. The predicted octanol–water partition coefficient (Wildman–Crippen LogP) is -0.881. The van der Waals surface area contributed by atoms with E-state index in [1.165, 1.54) is 11.8 Å². The minimum atomic E-state index is -1.36. The average Bonchev–Trinajstić information content (AvgIpc) is 3.55. The van der Waals surface area contributed by atoms with Crippen LogP contribution in [0.25, 0.3) is 0 Å². The van der Waals surface area contributed by atoms with Crippen molar-refractivity contribution < 1.29 is 48.6 Å². The molecule has 1 aliphatic rings. The number of guanidine groups is 1. The van der Waals surface area contributed by atoms with Gasteiger partial charge in [0.15, 0.2) is 23.3 Å². The van der Waals surface area contributed by atoms with Crippen molar-refractivity contribution in [3.8, 4) is 0 Å². The number of primary amides is 1. The van der Waals surface area contributed by atoms with Gasteiger partial charge >= 0.3 is 5.97 Å². The van der Waals surface area contributed by atoms with Crippen LogP contribution in [0.3, 0.4) is 0 Å². The molecule has 0 aromatic heterocycles. The number of ketones is 3. The maximum atomic E-state index is 14.1. The van der Waals surface area contributed by atoms with Gasteiger partial charge in [-0.1, -0.05) is 27.7 Å². The van der Waals surface area contributed by atoms with E-state index in [4.69, 9.17) is 28.0 Å². The van der Waals surface area contributed by atoms with Gasteiger partial charge in [-0.15, -0.1) is 0 Å². The van der Waals surface area contributed by atoms with Crippen LogP contribution in [0.2, 0.25) is 0 Å². The van der Waals surface area contributed by atoms with Crippen LogP contribution in [-0.4, -0.2) is 112 Å². The number of aliphatic carboxylic acids is 1. The summed E-state index contributed by atoms with van der Waals surface area (Å²) in [5, 5.41) is 23.9. The monoisotopic (exact) mass is 766 g/mol. The van der Waals surface area contributed by atoms with Gasteiger partial charge in [0.2, 0.25) is 23.6 Å².